The highest BCUT2D eigenvalue weighted by Crippen LogP contribution is 2.41. The summed E-state index contributed by atoms with van der Waals surface area (Å²) in [6, 6.07) is 36.0. The summed E-state index contributed by atoms with van der Waals surface area (Å²) in [6.45, 7) is 30.8. The number of nitrogens with two attached hydrogens (primary N) is 1. The first-order chi connectivity index (χ1) is 39.4. The molecule has 11 nitrogen and oxygen atoms in total. The van der Waals surface area contributed by atoms with Gasteiger partial charge in [0.1, 0.15) is 6.54 Å². The number of benzene rings is 6. The first-order valence-electron chi connectivity index (χ1n) is 29.7. The largest absolute Gasteiger partial charge is 0.399 e. The number of carbonyl (C=O) groups excluding carboxylic acids is 6. The van der Waals surface area contributed by atoms with Crippen molar-refractivity contribution in [2.75, 3.05) is 39.5 Å². The van der Waals surface area contributed by atoms with Crippen LogP contribution in [0.4, 0.5) is 5.69 Å². The van der Waals surface area contributed by atoms with Gasteiger partial charge in [-0.3, -0.25) is 38.6 Å². The van der Waals surface area contributed by atoms with Crippen molar-refractivity contribution in [3.05, 3.63) is 178 Å². The van der Waals surface area contributed by atoms with Gasteiger partial charge in [-0.05, 0) is 128 Å². The smallest absolute Gasteiger partial charge is 0.261 e. The molecule has 3 heterocycles. The molecule has 11 heteroatoms. The normalized spacial score (nSPS) is 16.9. The highest BCUT2D eigenvalue weighted by Gasteiger charge is 2.42. The minimum absolute atomic E-state index is 0.0671. The second kappa shape index (κ2) is 22.9. The number of imide groups is 2. The topological polar surface area (TPSA) is 142 Å². The quantitative estimate of drug-likeness (QED) is 0.0652. The van der Waals surface area contributed by atoms with Gasteiger partial charge in [0, 0.05) is 86.5 Å². The zero-order valence-corrected chi connectivity index (χ0v) is 52.0. The van der Waals surface area contributed by atoms with E-state index in [-0.39, 0.29) is 75.2 Å². The number of aromatic nitrogens is 1. The minimum atomic E-state index is -0.388. The average molecular weight is 1130 g/mol. The number of Topliss-reactive ketones (excluding diaryl/α,β-unsaturated/α-hetero) is 2. The number of rotatable bonds is 9. The molecule has 0 bridgehead atoms. The maximum atomic E-state index is 13.2. The molecule has 436 valence electrons. The number of carbonyl (C=O) groups is 6. The molecule has 84 heavy (non-hydrogen) atoms. The zero-order valence-electron chi connectivity index (χ0n) is 52.0. The fraction of sp³-hybridized carbons (Fsp3) is 0.384. The summed E-state index contributed by atoms with van der Waals surface area (Å²) in [6.07, 6.45) is 8.46. The third kappa shape index (κ3) is 12.1. The molecule has 4 aliphatic rings. The number of amides is 4. The average Bonchev–Trinajstić information content (AvgIpc) is 0.772. The fourth-order valence-electron chi connectivity index (χ4n) is 12.2. The van der Waals surface area contributed by atoms with Crippen molar-refractivity contribution in [1.29, 1.82) is 0 Å². The van der Waals surface area contributed by atoms with Gasteiger partial charge in [0.25, 0.3) is 23.6 Å². The second-order valence-electron chi connectivity index (χ2n) is 27.9. The van der Waals surface area contributed by atoms with Crippen LogP contribution in [-0.2, 0) is 17.4 Å². The van der Waals surface area contributed by atoms with Gasteiger partial charge in [-0.15, -0.1) is 0 Å². The van der Waals surface area contributed by atoms with Crippen molar-refractivity contribution in [1.82, 2.24) is 14.7 Å². The Balaban J connectivity index is 0.000000155. The number of hydrogen-bond donors (Lipinski definition) is 1. The Kier molecular flexibility index (Phi) is 16.6. The number of nitrogens with zero attached hydrogens (tertiary/aromatic N) is 4. The van der Waals surface area contributed by atoms with E-state index in [1.54, 1.807) is 36.4 Å². The van der Waals surface area contributed by atoms with Crippen molar-refractivity contribution in [2.45, 2.75) is 127 Å². The van der Waals surface area contributed by atoms with E-state index < -0.39 is 0 Å². The lowest BCUT2D eigenvalue weighted by molar-refractivity contribution is -0.655. The van der Waals surface area contributed by atoms with Crippen LogP contribution >= 0.6 is 0 Å². The van der Waals surface area contributed by atoms with Crippen LogP contribution in [0, 0.1) is 22.7 Å². The number of likely N-dealkylation sites (N-methyl/N-ethyl adjacent to an activating group) is 1. The molecule has 0 saturated heterocycles. The molecule has 2 aliphatic heterocycles. The van der Waals surface area contributed by atoms with E-state index in [2.05, 4.69) is 149 Å². The molecule has 0 fully saturated rings. The number of allylic oxidation sites excluding steroid dienone is 4. The van der Waals surface area contributed by atoms with Crippen molar-refractivity contribution in [2.24, 2.45) is 22.7 Å². The molecule has 7 aromatic rings. The summed E-state index contributed by atoms with van der Waals surface area (Å²) in [4.78, 5) is 82.4. The van der Waals surface area contributed by atoms with Crippen LogP contribution in [0.3, 0.4) is 0 Å². The highest BCUT2D eigenvalue weighted by atomic mass is 16.2. The molecule has 0 spiro atoms. The van der Waals surface area contributed by atoms with Crippen LogP contribution in [-0.4, -0.2) is 83.6 Å². The molecule has 4 amide bonds. The van der Waals surface area contributed by atoms with Crippen LogP contribution in [0.1, 0.15) is 183 Å². The van der Waals surface area contributed by atoms with Crippen molar-refractivity contribution in [3.63, 3.8) is 0 Å². The summed E-state index contributed by atoms with van der Waals surface area (Å²) in [7, 11) is 3.76. The summed E-state index contributed by atoms with van der Waals surface area (Å²) in [5, 5.41) is 4.68. The standard InChI is InChI=1S/C29H34N2.C25H29N3O4.C19H20O2/c1-8-31-26-18-22(30)14-16-24(26)23-15-13-21(29(5,6)7)17-25(23)27(31)19-9-11-20(12-10-19)28(2,3)4;1-25(2,3)11-6-12-27-21(29)15-7-9-17-20-18(10-8-16(19(15)20)22(27)30)24(32)28(23(17)31)14-13-26(4)5;1-19(2,3)11-12-8-9-15-16(10-12)18(21)14-7-5-4-6-13(14)17(15)20/h9-18,30H,8H2,1-7H3;7-10H,6,11-14H2,1-5H3;4-10,15-16H,11H2,1-3H3/p+1. The highest BCUT2D eigenvalue weighted by molar-refractivity contribution is 6.33. The second-order valence-corrected chi connectivity index (χ2v) is 27.9. The molecular weight excluding hydrogens is 1040 g/mol. The third-order valence-corrected chi connectivity index (χ3v) is 16.6. The van der Waals surface area contributed by atoms with Crippen LogP contribution in [0.15, 0.2) is 133 Å². The van der Waals surface area contributed by atoms with E-state index in [4.69, 9.17) is 5.73 Å². The summed E-state index contributed by atoms with van der Waals surface area (Å²) in [5.74, 6) is -2.01. The number of pyridine rings is 1. The number of hydrogen-bond acceptors (Lipinski definition) is 8. The molecular formula is C73H84N5O6+. The number of nitrogen functional groups attached to an aromatic ring is 1. The van der Waals surface area contributed by atoms with Crippen LogP contribution in [0.25, 0.3) is 43.7 Å². The Labute approximate surface area is 496 Å². The molecule has 0 radical (unpaired) electrons. The summed E-state index contributed by atoms with van der Waals surface area (Å²) < 4.78 is 2.42. The molecule has 2 unspecified atom stereocenters. The van der Waals surface area contributed by atoms with Gasteiger partial charge in [0.15, 0.2) is 11.6 Å². The maximum Gasteiger partial charge on any atom is 0.261 e. The lowest BCUT2D eigenvalue weighted by Gasteiger charge is -2.32. The van der Waals surface area contributed by atoms with E-state index >= 15 is 0 Å². The molecule has 1 aromatic heterocycles. The van der Waals surface area contributed by atoms with Gasteiger partial charge in [0.05, 0.1) is 22.6 Å². The summed E-state index contributed by atoms with van der Waals surface area (Å²) >= 11 is 0. The minimum Gasteiger partial charge on any atom is -0.399 e. The predicted octanol–water partition coefficient (Wildman–Crippen LogP) is 14.8. The zero-order chi connectivity index (χ0) is 61.1. The van der Waals surface area contributed by atoms with Gasteiger partial charge in [-0.25, -0.2) is 0 Å². The van der Waals surface area contributed by atoms with E-state index in [1.807, 2.05) is 55.4 Å². The Hall–Kier alpha value is -7.89. The Bertz CT molecular complexity index is 3820. The van der Waals surface area contributed by atoms with Crippen molar-refractivity contribution in [3.8, 4) is 11.3 Å². The molecule has 2 N–H and O–H groups in total. The number of fused-ring (bicyclic) bond motifs is 5. The predicted molar refractivity (Wildman–Crippen MR) is 340 cm³/mol. The van der Waals surface area contributed by atoms with Gasteiger partial charge in [-0.2, -0.15) is 4.57 Å². The van der Waals surface area contributed by atoms with E-state index in [9.17, 15) is 28.8 Å². The maximum absolute atomic E-state index is 13.2. The Morgan fingerprint density at radius 2 is 1.04 bits per heavy atom. The fourth-order valence-corrected chi connectivity index (χ4v) is 12.2. The SMILES string of the molecule is CC(C)(C)CC1=CC2C(=O)c3ccccc3C(=O)C2C=C1.CC[n+]1c(-c2ccc(C(C)(C)C)cc2)c2cc(C(C)(C)C)ccc2c2ccc(N)cc21.CN(C)CCN1C(=O)c2ccc3c4c(ccc(c24)C1=O)C(=O)N(CCCC(C)(C)C)C3=O. The molecule has 2 atom stereocenters. The van der Waals surface area contributed by atoms with Gasteiger partial charge < -0.3 is 10.6 Å². The van der Waals surface area contributed by atoms with Crippen LogP contribution in [0.5, 0.6) is 0 Å². The van der Waals surface area contributed by atoms with Crippen LogP contribution in [0.2, 0.25) is 0 Å². The van der Waals surface area contributed by atoms with Gasteiger partial charge in [-0.1, -0.05) is 155 Å². The van der Waals surface area contributed by atoms with Gasteiger partial charge in [0.2, 0.25) is 11.2 Å². The number of aryl methyl sites for hydroxylation is 1. The number of ketones is 2. The lowest BCUT2D eigenvalue weighted by atomic mass is 9.70. The van der Waals surface area contributed by atoms with E-state index in [1.165, 1.54) is 53.9 Å². The monoisotopic (exact) mass is 1130 g/mol. The van der Waals surface area contributed by atoms with Crippen molar-refractivity contribution >= 4 is 73.3 Å². The molecule has 2 aliphatic carbocycles. The summed E-state index contributed by atoms with van der Waals surface area (Å²) in [5.41, 5.74) is 17.7. The molecule has 11 rings (SSSR count). The molecule has 0 saturated carbocycles. The van der Waals surface area contributed by atoms with Crippen LogP contribution < -0.4 is 10.3 Å². The van der Waals surface area contributed by atoms with E-state index in [0.29, 0.717) is 63.7 Å². The van der Waals surface area contributed by atoms with Gasteiger partial charge >= 0.3 is 0 Å². The Morgan fingerprint density at radius 1 is 0.536 bits per heavy atom. The molecule has 6 aromatic carbocycles. The first-order valence-corrected chi connectivity index (χ1v) is 29.7. The first kappa shape index (κ1) is 60.7. The Morgan fingerprint density at radius 3 is 1.52 bits per heavy atom. The van der Waals surface area contributed by atoms with Crippen molar-refractivity contribution < 1.29 is 33.3 Å². The van der Waals surface area contributed by atoms with E-state index in [0.717, 1.165) is 30.6 Å². The number of anilines is 1. The lowest BCUT2D eigenvalue weighted by Crippen LogP contribution is -2.45. The third-order valence-electron chi connectivity index (χ3n) is 16.6.